The van der Waals surface area contributed by atoms with Crippen molar-refractivity contribution in [2.24, 2.45) is 5.41 Å². The van der Waals surface area contributed by atoms with Gasteiger partial charge in [-0.25, -0.2) is 8.42 Å². The first-order chi connectivity index (χ1) is 8.35. The number of nitrogens with one attached hydrogen (secondary N) is 1. The number of hydrogen-bond acceptors (Lipinski definition) is 4. The summed E-state index contributed by atoms with van der Waals surface area (Å²) in [5.74, 6) is 0.680. The molecule has 1 heterocycles. The third-order valence-corrected chi connectivity index (χ3v) is 6.25. The maximum Gasteiger partial charge on any atom is 0.150 e. The molecule has 0 bridgehead atoms. The molecule has 1 aliphatic carbocycles. The fourth-order valence-corrected chi connectivity index (χ4v) is 4.48. The van der Waals surface area contributed by atoms with Gasteiger partial charge >= 0.3 is 0 Å². The Morgan fingerprint density at radius 2 is 1.89 bits per heavy atom. The Hall–Kier alpha value is -0.130. The van der Waals surface area contributed by atoms with Gasteiger partial charge in [0.2, 0.25) is 0 Å². The second kappa shape index (κ2) is 5.10. The SMILES string of the molecule is CCOC1CC(NC2CCS(=O)(=O)CC2)C1(C)C. The lowest BCUT2D eigenvalue weighted by molar-refractivity contribution is -0.116. The molecule has 0 amide bonds. The first kappa shape index (κ1) is 14.3. The van der Waals surface area contributed by atoms with Crippen molar-refractivity contribution in [1.29, 1.82) is 0 Å². The first-order valence-electron chi connectivity index (χ1n) is 6.93. The minimum atomic E-state index is -2.75. The van der Waals surface area contributed by atoms with Gasteiger partial charge in [-0.2, -0.15) is 0 Å². The lowest BCUT2D eigenvalue weighted by atomic mass is 9.64. The van der Waals surface area contributed by atoms with Crippen molar-refractivity contribution in [3.05, 3.63) is 0 Å². The zero-order chi connectivity index (χ0) is 13.4. The van der Waals surface area contributed by atoms with Crippen LogP contribution in [0.4, 0.5) is 0 Å². The third-order valence-electron chi connectivity index (χ3n) is 4.54. The van der Waals surface area contributed by atoms with E-state index in [2.05, 4.69) is 19.2 Å². The Balaban J connectivity index is 1.82. The van der Waals surface area contributed by atoms with Crippen LogP contribution >= 0.6 is 0 Å². The summed E-state index contributed by atoms with van der Waals surface area (Å²) in [4.78, 5) is 0. The molecule has 1 saturated carbocycles. The van der Waals surface area contributed by atoms with Crippen LogP contribution in [0.3, 0.4) is 0 Å². The van der Waals surface area contributed by atoms with Crippen LogP contribution in [0.15, 0.2) is 0 Å². The van der Waals surface area contributed by atoms with E-state index in [1.165, 1.54) is 0 Å². The van der Waals surface area contributed by atoms with E-state index in [9.17, 15) is 8.42 Å². The fraction of sp³-hybridized carbons (Fsp3) is 1.00. The lowest BCUT2D eigenvalue weighted by Crippen LogP contribution is -2.63. The molecule has 2 unspecified atom stereocenters. The Labute approximate surface area is 110 Å². The van der Waals surface area contributed by atoms with Crippen molar-refractivity contribution in [3.8, 4) is 0 Å². The number of sulfone groups is 1. The second-order valence-electron chi connectivity index (χ2n) is 6.15. The standard InChI is InChI=1S/C13H25NO3S/c1-4-17-12-9-11(13(12,2)3)14-10-5-7-18(15,16)8-6-10/h10-12,14H,4-9H2,1-3H3. The Morgan fingerprint density at radius 1 is 1.28 bits per heavy atom. The van der Waals surface area contributed by atoms with E-state index in [1.54, 1.807) is 0 Å². The molecule has 0 radical (unpaired) electrons. The van der Waals surface area contributed by atoms with Crippen molar-refractivity contribution in [2.45, 2.75) is 58.2 Å². The molecule has 1 saturated heterocycles. The van der Waals surface area contributed by atoms with E-state index in [-0.39, 0.29) is 5.41 Å². The normalized spacial score (nSPS) is 35.1. The highest BCUT2D eigenvalue weighted by molar-refractivity contribution is 7.91. The second-order valence-corrected chi connectivity index (χ2v) is 8.45. The summed E-state index contributed by atoms with van der Waals surface area (Å²) in [5, 5.41) is 3.63. The molecule has 2 fully saturated rings. The summed E-state index contributed by atoms with van der Waals surface area (Å²) in [6.45, 7) is 7.26. The Kier molecular flexibility index (Phi) is 4.04. The summed E-state index contributed by atoms with van der Waals surface area (Å²) in [6, 6.07) is 0.820. The maximum absolute atomic E-state index is 11.4. The van der Waals surface area contributed by atoms with Crippen molar-refractivity contribution in [3.63, 3.8) is 0 Å². The quantitative estimate of drug-likeness (QED) is 0.841. The molecule has 2 atom stereocenters. The minimum absolute atomic E-state index is 0.159. The number of rotatable bonds is 4. The van der Waals surface area contributed by atoms with E-state index in [1.807, 2.05) is 6.92 Å². The average molecular weight is 275 g/mol. The molecule has 0 spiro atoms. The van der Waals surface area contributed by atoms with E-state index in [0.29, 0.717) is 29.7 Å². The van der Waals surface area contributed by atoms with Gasteiger partial charge in [0.25, 0.3) is 0 Å². The maximum atomic E-state index is 11.4. The third kappa shape index (κ3) is 2.89. The number of ether oxygens (including phenoxy) is 1. The van der Waals surface area contributed by atoms with Crippen LogP contribution in [0.25, 0.3) is 0 Å². The molecule has 18 heavy (non-hydrogen) atoms. The van der Waals surface area contributed by atoms with Gasteiger partial charge < -0.3 is 10.1 Å². The van der Waals surface area contributed by atoms with E-state index < -0.39 is 9.84 Å². The van der Waals surface area contributed by atoms with Crippen molar-refractivity contribution >= 4 is 9.84 Å². The molecular formula is C13H25NO3S. The molecule has 0 aromatic carbocycles. The summed E-state index contributed by atoms with van der Waals surface area (Å²) < 4.78 is 28.5. The van der Waals surface area contributed by atoms with E-state index in [0.717, 1.165) is 25.9 Å². The van der Waals surface area contributed by atoms with E-state index >= 15 is 0 Å². The monoisotopic (exact) mass is 275 g/mol. The molecule has 1 N–H and O–H groups in total. The molecule has 4 nitrogen and oxygen atoms in total. The topological polar surface area (TPSA) is 55.4 Å². The van der Waals surface area contributed by atoms with Crippen LogP contribution in [0, 0.1) is 5.41 Å². The molecule has 2 aliphatic rings. The molecular weight excluding hydrogens is 250 g/mol. The smallest absolute Gasteiger partial charge is 0.150 e. The van der Waals surface area contributed by atoms with Gasteiger partial charge in [-0.15, -0.1) is 0 Å². The van der Waals surface area contributed by atoms with Crippen molar-refractivity contribution < 1.29 is 13.2 Å². The Morgan fingerprint density at radius 3 is 2.39 bits per heavy atom. The summed E-state index contributed by atoms with van der Waals surface area (Å²) in [7, 11) is -2.75. The first-order valence-corrected chi connectivity index (χ1v) is 8.75. The van der Waals surface area contributed by atoms with Gasteiger partial charge in [-0.1, -0.05) is 13.8 Å². The molecule has 0 aromatic rings. The van der Waals surface area contributed by atoms with Crippen molar-refractivity contribution in [2.75, 3.05) is 18.1 Å². The van der Waals surface area contributed by atoms with Crippen LogP contribution in [0.2, 0.25) is 0 Å². The van der Waals surface area contributed by atoms with Gasteiger partial charge in [0.05, 0.1) is 17.6 Å². The lowest BCUT2D eigenvalue weighted by Gasteiger charge is -2.53. The fourth-order valence-electron chi connectivity index (χ4n) is 2.99. The average Bonchev–Trinajstić information content (AvgIpc) is 2.30. The van der Waals surface area contributed by atoms with Gasteiger partial charge in [0, 0.05) is 24.1 Å². The van der Waals surface area contributed by atoms with Crippen LogP contribution in [-0.4, -0.2) is 44.7 Å². The van der Waals surface area contributed by atoms with Gasteiger partial charge in [-0.3, -0.25) is 0 Å². The van der Waals surface area contributed by atoms with Gasteiger partial charge in [0.15, 0.2) is 0 Å². The summed E-state index contributed by atoms with van der Waals surface area (Å²) >= 11 is 0. The van der Waals surface area contributed by atoms with Gasteiger partial charge in [0.1, 0.15) is 9.84 Å². The van der Waals surface area contributed by atoms with Crippen LogP contribution < -0.4 is 5.32 Å². The van der Waals surface area contributed by atoms with Crippen LogP contribution in [0.5, 0.6) is 0 Å². The number of hydrogen-bond donors (Lipinski definition) is 1. The summed E-state index contributed by atoms with van der Waals surface area (Å²) in [6.07, 6.45) is 2.90. The van der Waals surface area contributed by atoms with Gasteiger partial charge in [-0.05, 0) is 26.2 Å². The molecule has 0 aromatic heterocycles. The zero-order valence-corrected chi connectivity index (χ0v) is 12.4. The minimum Gasteiger partial charge on any atom is -0.378 e. The zero-order valence-electron chi connectivity index (χ0n) is 11.6. The molecule has 2 rings (SSSR count). The predicted octanol–water partition coefficient (Wildman–Crippen LogP) is 1.36. The van der Waals surface area contributed by atoms with Crippen molar-refractivity contribution in [1.82, 2.24) is 5.32 Å². The summed E-state index contributed by atoms with van der Waals surface area (Å²) in [5.41, 5.74) is 0.159. The highest BCUT2D eigenvalue weighted by Crippen LogP contribution is 2.43. The molecule has 106 valence electrons. The van der Waals surface area contributed by atoms with Crippen LogP contribution in [-0.2, 0) is 14.6 Å². The Bertz CT molecular complexity index is 377. The predicted molar refractivity (Wildman–Crippen MR) is 72.4 cm³/mol. The molecule has 1 aliphatic heterocycles. The largest absolute Gasteiger partial charge is 0.378 e. The van der Waals surface area contributed by atoms with Crippen LogP contribution in [0.1, 0.15) is 40.0 Å². The highest BCUT2D eigenvalue weighted by Gasteiger charge is 2.49. The van der Waals surface area contributed by atoms with E-state index in [4.69, 9.17) is 4.74 Å². The molecule has 5 heteroatoms. The highest BCUT2D eigenvalue weighted by atomic mass is 32.2.